The van der Waals surface area contributed by atoms with Crippen molar-refractivity contribution in [3.8, 4) is 17.6 Å². The molecule has 0 saturated carbocycles. The average molecular weight is 261 g/mol. The topological polar surface area (TPSA) is 32.7 Å². The second kappa shape index (κ2) is 7.83. The normalized spacial score (nSPS) is 10.5. The number of hydrogen-bond donors (Lipinski definition) is 1. The average Bonchev–Trinajstić information content (AvgIpc) is 2.42. The van der Waals surface area contributed by atoms with Gasteiger partial charge in [-0.15, -0.1) is 0 Å². The van der Waals surface area contributed by atoms with Crippen molar-refractivity contribution in [1.29, 1.82) is 0 Å². The summed E-state index contributed by atoms with van der Waals surface area (Å²) in [4.78, 5) is 2.38. The zero-order valence-corrected chi connectivity index (χ0v) is 12.2. The van der Waals surface area contributed by atoms with Gasteiger partial charge in [0.05, 0.1) is 12.7 Å². The predicted molar refractivity (Wildman–Crippen MR) is 78.2 cm³/mol. The molecule has 0 fully saturated rings. The van der Waals surface area contributed by atoms with Crippen LogP contribution >= 0.6 is 0 Å². The smallest absolute Gasteiger partial charge is 0.134 e. The second-order valence-corrected chi connectivity index (χ2v) is 4.65. The summed E-state index contributed by atoms with van der Waals surface area (Å²) in [5.74, 6) is 6.35. The van der Waals surface area contributed by atoms with Gasteiger partial charge in [-0.05, 0) is 38.1 Å². The molecule has 0 aliphatic rings. The van der Waals surface area contributed by atoms with Gasteiger partial charge in [0.2, 0.25) is 0 Å². The van der Waals surface area contributed by atoms with Crippen LogP contribution in [0, 0.1) is 11.8 Å². The van der Waals surface area contributed by atoms with Gasteiger partial charge in [0.25, 0.3) is 0 Å². The first kappa shape index (κ1) is 15.6. The minimum Gasteiger partial charge on any atom is -0.495 e. The molecule has 0 aliphatic carbocycles. The number of aliphatic hydroxyl groups is 1. The van der Waals surface area contributed by atoms with Crippen molar-refractivity contribution in [3.05, 3.63) is 29.3 Å². The van der Waals surface area contributed by atoms with Crippen molar-refractivity contribution in [2.24, 2.45) is 0 Å². The van der Waals surface area contributed by atoms with E-state index in [1.54, 1.807) is 7.11 Å². The van der Waals surface area contributed by atoms with Crippen molar-refractivity contribution < 1.29 is 9.84 Å². The Morgan fingerprint density at radius 1 is 1.37 bits per heavy atom. The molecule has 1 aromatic carbocycles. The lowest BCUT2D eigenvalue weighted by Gasteiger charge is -2.25. The van der Waals surface area contributed by atoms with Gasteiger partial charge in [-0.25, -0.2) is 0 Å². The van der Waals surface area contributed by atoms with Crippen molar-refractivity contribution in [1.82, 2.24) is 4.90 Å². The second-order valence-electron chi connectivity index (χ2n) is 4.65. The molecule has 1 rings (SSSR count). The lowest BCUT2D eigenvalue weighted by molar-refractivity contribution is 0.225. The highest BCUT2D eigenvalue weighted by Gasteiger charge is 2.09. The summed E-state index contributed by atoms with van der Waals surface area (Å²) in [5, 5.41) is 8.79. The predicted octanol–water partition coefficient (Wildman–Crippen LogP) is 2.27. The summed E-state index contributed by atoms with van der Waals surface area (Å²) < 4.78 is 5.28. The SMILES string of the molecule is CCN(Cc1ccc(OC)c(C#CCO)c1)C(C)C. The van der Waals surface area contributed by atoms with Gasteiger partial charge >= 0.3 is 0 Å². The molecule has 0 amide bonds. The highest BCUT2D eigenvalue weighted by Crippen LogP contribution is 2.20. The molecule has 0 spiro atoms. The van der Waals surface area contributed by atoms with Gasteiger partial charge in [0.1, 0.15) is 12.4 Å². The highest BCUT2D eigenvalue weighted by atomic mass is 16.5. The van der Waals surface area contributed by atoms with Crippen LogP contribution in [0.25, 0.3) is 0 Å². The molecule has 0 saturated heterocycles. The van der Waals surface area contributed by atoms with E-state index in [2.05, 4.69) is 43.6 Å². The van der Waals surface area contributed by atoms with E-state index in [0.29, 0.717) is 6.04 Å². The van der Waals surface area contributed by atoms with Gasteiger partial charge in [-0.1, -0.05) is 24.8 Å². The molecule has 0 aliphatic heterocycles. The van der Waals surface area contributed by atoms with Crippen LogP contribution < -0.4 is 4.74 Å². The molecule has 0 unspecified atom stereocenters. The Bertz CT molecular complexity index is 458. The number of benzene rings is 1. The quantitative estimate of drug-likeness (QED) is 0.825. The van der Waals surface area contributed by atoms with Crippen LogP contribution in [0.3, 0.4) is 0 Å². The molecule has 0 radical (unpaired) electrons. The number of nitrogens with zero attached hydrogens (tertiary/aromatic N) is 1. The molecule has 3 heteroatoms. The lowest BCUT2D eigenvalue weighted by atomic mass is 10.1. The van der Waals surface area contributed by atoms with E-state index >= 15 is 0 Å². The fourth-order valence-electron chi connectivity index (χ4n) is 1.98. The monoisotopic (exact) mass is 261 g/mol. The van der Waals surface area contributed by atoms with E-state index in [-0.39, 0.29) is 6.61 Å². The van der Waals surface area contributed by atoms with Crippen molar-refractivity contribution in [2.75, 3.05) is 20.3 Å². The Morgan fingerprint density at radius 2 is 2.11 bits per heavy atom. The van der Waals surface area contributed by atoms with Crippen LogP contribution in [0.5, 0.6) is 5.75 Å². The molecule has 3 nitrogen and oxygen atoms in total. The Morgan fingerprint density at radius 3 is 2.63 bits per heavy atom. The summed E-state index contributed by atoms with van der Waals surface area (Å²) in [7, 11) is 1.63. The van der Waals surface area contributed by atoms with E-state index in [0.717, 1.165) is 24.4 Å². The molecular weight excluding hydrogens is 238 g/mol. The summed E-state index contributed by atoms with van der Waals surface area (Å²) in [6.45, 7) is 8.32. The van der Waals surface area contributed by atoms with Gasteiger partial charge in [-0.2, -0.15) is 0 Å². The third-order valence-electron chi connectivity index (χ3n) is 3.09. The first-order chi connectivity index (χ1) is 9.12. The highest BCUT2D eigenvalue weighted by molar-refractivity contribution is 5.48. The number of methoxy groups -OCH3 is 1. The fraction of sp³-hybridized carbons (Fsp3) is 0.500. The number of rotatable bonds is 5. The molecular formula is C16H23NO2. The van der Waals surface area contributed by atoms with Crippen LogP contribution in [0.15, 0.2) is 18.2 Å². The molecule has 0 bridgehead atoms. The maximum Gasteiger partial charge on any atom is 0.134 e. The third-order valence-corrected chi connectivity index (χ3v) is 3.09. The van der Waals surface area contributed by atoms with Gasteiger partial charge < -0.3 is 9.84 Å². The Kier molecular flexibility index (Phi) is 6.41. The number of hydrogen-bond acceptors (Lipinski definition) is 3. The van der Waals surface area contributed by atoms with Gasteiger partial charge in [0.15, 0.2) is 0 Å². The first-order valence-corrected chi connectivity index (χ1v) is 6.63. The molecule has 0 atom stereocenters. The Labute approximate surface area is 116 Å². The summed E-state index contributed by atoms with van der Waals surface area (Å²) >= 11 is 0. The van der Waals surface area contributed by atoms with Gasteiger partial charge in [-0.3, -0.25) is 4.90 Å². The van der Waals surface area contributed by atoms with Crippen LogP contribution in [0.4, 0.5) is 0 Å². The van der Waals surface area contributed by atoms with E-state index in [1.807, 2.05) is 12.1 Å². The van der Waals surface area contributed by atoms with Crippen LogP contribution in [0.2, 0.25) is 0 Å². The van der Waals surface area contributed by atoms with Crippen molar-refractivity contribution >= 4 is 0 Å². The molecule has 0 heterocycles. The minimum absolute atomic E-state index is 0.138. The number of ether oxygens (including phenoxy) is 1. The maximum absolute atomic E-state index is 8.79. The van der Waals surface area contributed by atoms with Crippen LogP contribution in [-0.2, 0) is 6.54 Å². The summed E-state index contributed by atoms with van der Waals surface area (Å²) in [6, 6.07) is 6.55. The van der Waals surface area contributed by atoms with E-state index in [4.69, 9.17) is 9.84 Å². The largest absolute Gasteiger partial charge is 0.495 e. The van der Waals surface area contributed by atoms with E-state index < -0.39 is 0 Å². The van der Waals surface area contributed by atoms with E-state index in [9.17, 15) is 0 Å². The van der Waals surface area contributed by atoms with Crippen LogP contribution in [-0.4, -0.2) is 36.3 Å². The third kappa shape index (κ3) is 4.59. The molecule has 0 aromatic heterocycles. The fourth-order valence-corrected chi connectivity index (χ4v) is 1.98. The van der Waals surface area contributed by atoms with Crippen molar-refractivity contribution in [3.63, 3.8) is 0 Å². The minimum atomic E-state index is -0.138. The maximum atomic E-state index is 8.79. The first-order valence-electron chi connectivity index (χ1n) is 6.63. The lowest BCUT2D eigenvalue weighted by Crippen LogP contribution is -2.29. The zero-order valence-electron chi connectivity index (χ0n) is 12.2. The standard InChI is InChI=1S/C16H23NO2/c1-5-17(13(2)3)12-14-8-9-16(19-4)15(11-14)7-6-10-18/h8-9,11,13,18H,5,10,12H2,1-4H3. The summed E-state index contributed by atoms with van der Waals surface area (Å²) in [6.07, 6.45) is 0. The van der Waals surface area contributed by atoms with Gasteiger partial charge in [0, 0.05) is 12.6 Å². The van der Waals surface area contributed by atoms with E-state index in [1.165, 1.54) is 5.56 Å². The molecule has 19 heavy (non-hydrogen) atoms. The Hall–Kier alpha value is -1.50. The zero-order chi connectivity index (χ0) is 14.3. The number of aliphatic hydroxyl groups excluding tert-OH is 1. The van der Waals surface area contributed by atoms with Crippen molar-refractivity contribution in [2.45, 2.75) is 33.4 Å². The Balaban J connectivity index is 2.97. The van der Waals surface area contributed by atoms with Crippen LogP contribution in [0.1, 0.15) is 31.9 Å². The molecule has 1 aromatic rings. The molecule has 1 N–H and O–H groups in total. The molecule has 104 valence electrons. The summed E-state index contributed by atoms with van der Waals surface area (Å²) in [5.41, 5.74) is 2.03.